The summed E-state index contributed by atoms with van der Waals surface area (Å²) >= 11 is 0. The van der Waals surface area contributed by atoms with Gasteiger partial charge in [-0.2, -0.15) is 0 Å². The molecule has 0 atom stereocenters. The molecule has 0 bridgehead atoms. The molecule has 0 saturated heterocycles. The molecule has 0 fully saturated rings. The summed E-state index contributed by atoms with van der Waals surface area (Å²) in [6.07, 6.45) is 6.98. The number of fused-ring (bicyclic) bond motifs is 2. The maximum Gasteiger partial charge on any atom is 0.267 e. The van der Waals surface area contributed by atoms with Gasteiger partial charge in [0.2, 0.25) is 0 Å². The first-order valence-corrected chi connectivity index (χ1v) is 10.9. The first-order chi connectivity index (χ1) is 15.9. The van der Waals surface area contributed by atoms with E-state index in [1.54, 1.807) is 30.6 Å². The second kappa shape index (κ2) is 9.79. The third-order valence-electron chi connectivity index (χ3n) is 5.42. The van der Waals surface area contributed by atoms with Gasteiger partial charge in [-0.15, -0.1) is 0 Å². The quantitative estimate of drug-likeness (QED) is 0.484. The van der Waals surface area contributed by atoms with Crippen LogP contribution in [0, 0.1) is 0 Å². The van der Waals surface area contributed by atoms with Crippen molar-refractivity contribution in [3.63, 3.8) is 0 Å². The van der Waals surface area contributed by atoms with E-state index in [2.05, 4.69) is 30.5 Å². The van der Waals surface area contributed by atoms with Crippen LogP contribution in [0.2, 0.25) is 0 Å². The molecule has 3 N–H and O–H groups in total. The summed E-state index contributed by atoms with van der Waals surface area (Å²) in [6, 6.07) is 9.07. The van der Waals surface area contributed by atoms with Gasteiger partial charge in [-0.1, -0.05) is 5.57 Å². The highest BCUT2D eigenvalue weighted by molar-refractivity contribution is 6.05. The van der Waals surface area contributed by atoms with Crippen LogP contribution in [0.25, 0.3) is 11.0 Å². The van der Waals surface area contributed by atoms with Gasteiger partial charge in [0.1, 0.15) is 11.3 Å². The second-order valence-corrected chi connectivity index (χ2v) is 8.52. The summed E-state index contributed by atoms with van der Waals surface area (Å²) in [6.45, 7) is 3.55. The van der Waals surface area contributed by atoms with Crippen molar-refractivity contribution in [1.29, 1.82) is 0 Å². The summed E-state index contributed by atoms with van der Waals surface area (Å²) in [4.78, 5) is 39.1. The highest BCUT2D eigenvalue weighted by atomic mass is 16.2. The molecular weight excluding hydrogens is 416 g/mol. The fourth-order valence-electron chi connectivity index (χ4n) is 3.70. The Kier molecular flexibility index (Phi) is 6.65. The summed E-state index contributed by atoms with van der Waals surface area (Å²) in [5, 5.41) is 6.56. The van der Waals surface area contributed by atoms with E-state index in [4.69, 9.17) is 0 Å². The van der Waals surface area contributed by atoms with Gasteiger partial charge in [0.15, 0.2) is 0 Å². The molecule has 1 aromatic carbocycles. The van der Waals surface area contributed by atoms with Crippen LogP contribution in [0.5, 0.6) is 0 Å². The van der Waals surface area contributed by atoms with E-state index in [0.717, 1.165) is 36.0 Å². The molecule has 0 unspecified atom stereocenters. The minimum absolute atomic E-state index is 0.172. The number of pyridine rings is 1. The number of hydrogen-bond acceptors (Lipinski definition) is 5. The fraction of sp³-hybridized carbons (Fsp3) is 0.280. The molecule has 1 aliphatic rings. The Bertz CT molecular complexity index is 1260. The number of hydrogen-bond donors (Lipinski definition) is 3. The number of nitrogens with zero attached hydrogens (tertiary/aromatic N) is 3. The smallest absolute Gasteiger partial charge is 0.267 e. The van der Waals surface area contributed by atoms with E-state index in [9.17, 15) is 9.59 Å². The van der Waals surface area contributed by atoms with E-state index in [0.29, 0.717) is 29.1 Å². The lowest BCUT2D eigenvalue weighted by Gasteiger charge is -2.09. The van der Waals surface area contributed by atoms with E-state index < -0.39 is 0 Å². The highest BCUT2D eigenvalue weighted by Crippen LogP contribution is 2.26. The third kappa shape index (κ3) is 5.53. The number of rotatable bonds is 7. The average Bonchev–Trinajstić information content (AvgIpc) is 3.11. The molecule has 0 spiro atoms. The molecule has 4 rings (SSSR count). The summed E-state index contributed by atoms with van der Waals surface area (Å²) in [5.74, 6) is -0.391. The van der Waals surface area contributed by atoms with Gasteiger partial charge in [0.05, 0.1) is 17.6 Å². The minimum atomic E-state index is -0.219. The fourth-order valence-corrected chi connectivity index (χ4v) is 3.70. The summed E-state index contributed by atoms with van der Waals surface area (Å²) in [5.41, 5.74) is 5.25. The van der Waals surface area contributed by atoms with Crippen LogP contribution in [-0.4, -0.2) is 60.1 Å². The summed E-state index contributed by atoms with van der Waals surface area (Å²) in [7, 11) is 4.00. The van der Waals surface area contributed by atoms with Crippen molar-refractivity contribution in [2.75, 3.05) is 32.5 Å². The van der Waals surface area contributed by atoms with Crippen LogP contribution in [0.1, 0.15) is 39.8 Å². The number of H-pyrrole nitrogens is 1. The lowest BCUT2D eigenvalue weighted by molar-refractivity contribution is 0.0947. The number of nitrogens with one attached hydrogen (secondary N) is 3. The number of carbonyl (C=O) groups is 2. The zero-order valence-corrected chi connectivity index (χ0v) is 19.1. The Morgan fingerprint density at radius 1 is 1.15 bits per heavy atom. The number of aromatic amines is 1. The van der Waals surface area contributed by atoms with Crippen LogP contribution >= 0.6 is 0 Å². The number of aromatic nitrogens is 2. The average molecular weight is 445 g/mol. The van der Waals surface area contributed by atoms with Crippen molar-refractivity contribution in [3.05, 3.63) is 65.0 Å². The Labute approximate surface area is 192 Å². The number of carbonyl (C=O) groups excluding carboxylic acids is 2. The van der Waals surface area contributed by atoms with Crippen molar-refractivity contribution < 1.29 is 9.59 Å². The molecule has 2 amide bonds. The molecule has 3 heterocycles. The monoisotopic (exact) mass is 444 g/mol. The molecule has 3 aromatic rings. The number of allylic oxidation sites excluding steroid dienone is 2. The van der Waals surface area contributed by atoms with Crippen LogP contribution in [-0.2, 0) is 6.42 Å². The van der Waals surface area contributed by atoms with Crippen molar-refractivity contribution in [3.8, 4) is 0 Å². The SMILES string of the molecule is CC1=CC=Nc2ccc(C(=O)Nc3cnc4[nH]c(C(=O)NCCCN(C)C)cc4c3)cc2C1. The van der Waals surface area contributed by atoms with Crippen molar-refractivity contribution in [2.24, 2.45) is 4.99 Å². The van der Waals surface area contributed by atoms with Crippen molar-refractivity contribution in [1.82, 2.24) is 20.2 Å². The molecule has 0 radical (unpaired) electrons. The zero-order valence-electron chi connectivity index (χ0n) is 19.1. The van der Waals surface area contributed by atoms with Gasteiger partial charge in [-0.05, 0) is 82.4 Å². The number of benzene rings is 1. The zero-order chi connectivity index (χ0) is 23.4. The predicted molar refractivity (Wildman–Crippen MR) is 132 cm³/mol. The van der Waals surface area contributed by atoms with Gasteiger partial charge < -0.3 is 20.5 Å². The Balaban J connectivity index is 1.44. The van der Waals surface area contributed by atoms with E-state index in [1.165, 1.54) is 5.57 Å². The van der Waals surface area contributed by atoms with Gasteiger partial charge in [0, 0.05) is 23.7 Å². The maximum atomic E-state index is 12.8. The van der Waals surface area contributed by atoms with Crippen LogP contribution in [0.15, 0.2) is 53.2 Å². The number of amides is 2. The third-order valence-corrected chi connectivity index (χ3v) is 5.42. The molecular formula is C25H28N6O2. The van der Waals surface area contributed by atoms with Crippen molar-refractivity contribution >= 4 is 40.4 Å². The normalized spacial score (nSPS) is 12.9. The first-order valence-electron chi connectivity index (χ1n) is 10.9. The van der Waals surface area contributed by atoms with E-state index in [1.807, 2.05) is 39.2 Å². The number of aliphatic imine (C=N–C) groups is 1. The van der Waals surface area contributed by atoms with Gasteiger partial charge in [-0.3, -0.25) is 14.6 Å². The molecule has 33 heavy (non-hydrogen) atoms. The van der Waals surface area contributed by atoms with Crippen molar-refractivity contribution in [2.45, 2.75) is 19.8 Å². The molecule has 170 valence electrons. The second-order valence-electron chi connectivity index (χ2n) is 8.52. The highest BCUT2D eigenvalue weighted by Gasteiger charge is 2.14. The van der Waals surface area contributed by atoms with E-state index >= 15 is 0 Å². The minimum Gasteiger partial charge on any atom is -0.351 e. The lowest BCUT2D eigenvalue weighted by atomic mass is 10.0. The molecule has 0 aliphatic carbocycles. The van der Waals surface area contributed by atoms with Crippen LogP contribution in [0.4, 0.5) is 11.4 Å². The Morgan fingerprint density at radius 2 is 2.00 bits per heavy atom. The molecule has 0 saturated carbocycles. The standard InChI is InChI=1S/C25H28N6O2/c1-16-7-9-26-21-6-5-17(12-18(21)11-16)24(32)29-20-13-19-14-22(30-23(19)28-15-20)25(33)27-8-4-10-31(2)3/h5-7,9,12-15H,4,8,10-11H2,1-3H3,(H,27,33)(H,28,30)(H,29,32). The summed E-state index contributed by atoms with van der Waals surface area (Å²) < 4.78 is 0. The topological polar surface area (TPSA) is 102 Å². The lowest BCUT2D eigenvalue weighted by Crippen LogP contribution is -2.27. The van der Waals surface area contributed by atoms with Crippen LogP contribution < -0.4 is 10.6 Å². The van der Waals surface area contributed by atoms with Gasteiger partial charge in [-0.25, -0.2) is 4.98 Å². The molecule has 8 nitrogen and oxygen atoms in total. The van der Waals surface area contributed by atoms with Gasteiger partial charge in [0.25, 0.3) is 11.8 Å². The molecule has 1 aliphatic heterocycles. The largest absolute Gasteiger partial charge is 0.351 e. The maximum absolute atomic E-state index is 12.8. The molecule has 8 heteroatoms. The van der Waals surface area contributed by atoms with E-state index in [-0.39, 0.29) is 11.8 Å². The molecule has 2 aromatic heterocycles. The number of anilines is 1. The first kappa shape index (κ1) is 22.4. The predicted octanol–water partition coefficient (Wildman–Crippen LogP) is 3.70. The Morgan fingerprint density at radius 3 is 2.82 bits per heavy atom. The van der Waals surface area contributed by atoms with Crippen LogP contribution in [0.3, 0.4) is 0 Å². The Hall–Kier alpha value is -3.78. The van der Waals surface area contributed by atoms with Gasteiger partial charge >= 0.3 is 0 Å².